The normalized spacial score (nSPS) is 15.7. The van der Waals surface area contributed by atoms with Gasteiger partial charge in [-0.05, 0) is 173 Å². The van der Waals surface area contributed by atoms with Crippen LogP contribution >= 0.6 is 0 Å². The largest absolute Gasteiger partial charge is 0.310 e. The molecule has 2 heteroatoms. The molecule has 14 rings (SSSR count). The van der Waals surface area contributed by atoms with Gasteiger partial charge in [0.05, 0.1) is 0 Å². The summed E-state index contributed by atoms with van der Waals surface area (Å²) < 4.78 is 0. The number of rotatable bonds is 8. The molecule has 10 aromatic carbocycles. The zero-order valence-corrected chi connectivity index (χ0v) is 44.8. The highest BCUT2D eigenvalue weighted by molar-refractivity contribution is 5.91. The van der Waals surface area contributed by atoms with Crippen molar-refractivity contribution in [3.8, 4) is 44.5 Å². The molecule has 4 aliphatic rings. The van der Waals surface area contributed by atoms with Gasteiger partial charge in [0.15, 0.2) is 0 Å². The van der Waals surface area contributed by atoms with E-state index in [1.807, 2.05) is 0 Å². The first kappa shape index (κ1) is 46.1. The summed E-state index contributed by atoms with van der Waals surface area (Å²) in [6, 6.07) is 82.3. The minimum Gasteiger partial charge on any atom is -0.310 e. The average Bonchev–Trinajstić information content (AvgIpc) is 4.04. The van der Waals surface area contributed by atoms with Gasteiger partial charge in [0.25, 0.3) is 0 Å². The second-order valence-electron chi connectivity index (χ2n) is 23.8. The first-order valence-corrected chi connectivity index (χ1v) is 27.2. The highest BCUT2D eigenvalue weighted by Gasteiger charge is 2.40. The van der Waals surface area contributed by atoms with Crippen molar-refractivity contribution < 1.29 is 0 Å². The van der Waals surface area contributed by atoms with Gasteiger partial charge in [-0.1, -0.05) is 213 Å². The highest BCUT2D eigenvalue weighted by atomic mass is 15.1. The maximum atomic E-state index is 2.46. The Morgan fingerprint density at radius 1 is 0.224 bits per heavy atom. The standard InChI is InChI=1S/C74H62N2/c1-71(2)63-21-13-9-17-55(63)59-39-35-51(43-67(59)71)75(52-36-40-60-56-18-10-14-22-64(56)72(3,4)68(60)44-52)49-31-27-47(28-32-49)25-26-48-29-33-50(34-30-48)76(53-37-41-61-57-19-11-15-23-65(57)73(5,6)69(61)45-53)54-38-42-62-58-20-12-16-24-66(58)74(7,8)70(62)46-54/h9-46H,1-8H3/b26-25+. The molecule has 0 unspecified atom stereocenters. The fourth-order valence-electron chi connectivity index (χ4n) is 13.9. The minimum atomic E-state index is -0.113. The Morgan fingerprint density at radius 3 is 0.684 bits per heavy atom. The average molecular weight is 979 g/mol. The maximum Gasteiger partial charge on any atom is 0.0465 e. The SMILES string of the molecule is CC1(C)c2ccccc2-c2ccc(N(c3ccc(/C=C/c4ccc(N(c5ccc6c(c5)C(C)(C)c5ccccc5-6)c5ccc6c(c5)C(C)(C)c5ccccc5-6)cc4)cc3)c3ccc4c(c3)C(C)(C)c3ccccc3-4)cc21. The molecule has 0 atom stereocenters. The third-order valence-electron chi connectivity index (χ3n) is 18.1. The zero-order valence-electron chi connectivity index (χ0n) is 44.8. The van der Waals surface area contributed by atoms with Crippen molar-refractivity contribution in [1.82, 2.24) is 0 Å². The summed E-state index contributed by atoms with van der Waals surface area (Å²) in [7, 11) is 0. The van der Waals surface area contributed by atoms with E-state index < -0.39 is 0 Å². The maximum absolute atomic E-state index is 2.46. The van der Waals surface area contributed by atoms with Crippen molar-refractivity contribution in [2.45, 2.75) is 77.0 Å². The topological polar surface area (TPSA) is 6.48 Å². The predicted octanol–water partition coefficient (Wildman–Crippen LogP) is 20.0. The number of anilines is 6. The van der Waals surface area contributed by atoms with Crippen molar-refractivity contribution in [3.63, 3.8) is 0 Å². The molecule has 76 heavy (non-hydrogen) atoms. The van der Waals surface area contributed by atoms with Gasteiger partial charge in [-0.25, -0.2) is 0 Å². The zero-order chi connectivity index (χ0) is 51.9. The molecular formula is C74H62N2. The van der Waals surface area contributed by atoms with Crippen molar-refractivity contribution >= 4 is 46.3 Å². The predicted molar refractivity (Wildman–Crippen MR) is 321 cm³/mol. The summed E-state index contributed by atoms with van der Waals surface area (Å²) in [5, 5.41) is 0. The van der Waals surface area contributed by atoms with Crippen molar-refractivity contribution in [1.29, 1.82) is 0 Å². The van der Waals surface area contributed by atoms with E-state index in [0.717, 1.165) is 45.3 Å². The Balaban J connectivity index is 0.804. The van der Waals surface area contributed by atoms with Gasteiger partial charge in [-0.2, -0.15) is 0 Å². The number of nitrogens with zero attached hydrogens (tertiary/aromatic N) is 2. The van der Waals surface area contributed by atoms with Crippen LogP contribution in [0.1, 0.15) is 111 Å². The minimum absolute atomic E-state index is 0.113. The fraction of sp³-hybridized carbons (Fsp3) is 0.162. The number of hydrogen-bond acceptors (Lipinski definition) is 2. The monoisotopic (exact) mass is 978 g/mol. The van der Waals surface area contributed by atoms with E-state index in [1.54, 1.807) is 0 Å². The van der Waals surface area contributed by atoms with Crippen LogP contribution in [0, 0.1) is 0 Å². The van der Waals surface area contributed by atoms with Crippen molar-refractivity contribution in [2.24, 2.45) is 0 Å². The molecule has 0 spiro atoms. The Labute approximate surface area is 449 Å². The molecule has 0 aromatic heterocycles. The van der Waals surface area contributed by atoms with Gasteiger partial charge in [0.2, 0.25) is 0 Å². The molecule has 0 amide bonds. The lowest BCUT2D eigenvalue weighted by molar-refractivity contribution is 0.659. The van der Waals surface area contributed by atoms with Crippen LogP contribution in [0.3, 0.4) is 0 Å². The molecule has 368 valence electrons. The quantitative estimate of drug-likeness (QED) is 0.140. The van der Waals surface area contributed by atoms with E-state index in [1.165, 1.54) is 89.0 Å². The van der Waals surface area contributed by atoms with Gasteiger partial charge in [-0.15, -0.1) is 0 Å². The van der Waals surface area contributed by atoms with Gasteiger partial charge < -0.3 is 9.80 Å². The lowest BCUT2D eigenvalue weighted by Crippen LogP contribution is -2.18. The number of fused-ring (bicyclic) bond motifs is 12. The van der Waals surface area contributed by atoms with E-state index >= 15 is 0 Å². The summed E-state index contributed by atoms with van der Waals surface area (Å²) in [6.07, 6.45) is 4.48. The molecule has 4 aliphatic carbocycles. The van der Waals surface area contributed by atoms with E-state index in [9.17, 15) is 0 Å². The lowest BCUT2D eigenvalue weighted by Gasteiger charge is -2.30. The molecule has 0 saturated heterocycles. The summed E-state index contributed by atoms with van der Waals surface area (Å²) in [6.45, 7) is 18.9. The van der Waals surface area contributed by atoms with Crippen LogP contribution in [-0.4, -0.2) is 0 Å². The highest BCUT2D eigenvalue weighted by Crippen LogP contribution is 2.55. The summed E-state index contributed by atoms with van der Waals surface area (Å²) in [5.74, 6) is 0. The van der Waals surface area contributed by atoms with Crippen LogP contribution in [0.4, 0.5) is 34.1 Å². The molecule has 10 aromatic rings. The third-order valence-corrected chi connectivity index (χ3v) is 18.1. The van der Waals surface area contributed by atoms with Gasteiger partial charge in [-0.3, -0.25) is 0 Å². The third kappa shape index (κ3) is 6.79. The second-order valence-corrected chi connectivity index (χ2v) is 23.8. The Bertz CT molecular complexity index is 3570. The Hall–Kier alpha value is -8.46. The first-order chi connectivity index (χ1) is 36.7. The first-order valence-electron chi connectivity index (χ1n) is 27.2. The van der Waals surface area contributed by atoms with Crippen molar-refractivity contribution in [2.75, 3.05) is 9.80 Å². The summed E-state index contributed by atoms with van der Waals surface area (Å²) in [4.78, 5) is 4.91. The lowest BCUT2D eigenvalue weighted by atomic mass is 9.82. The Morgan fingerprint density at radius 2 is 0.434 bits per heavy atom. The molecule has 0 aliphatic heterocycles. The molecule has 0 saturated carbocycles. The fourth-order valence-corrected chi connectivity index (χ4v) is 13.9. The van der Waals surface area contributed by atoms with E-state index in [-0.39, 0.29) is 21.7 Å². The van der Waals surface area contributed by atoms with Crippen LogP contribution in [0.25, 0.3) is 56.7 Å². The number of hydrogen-bond donors (Lipinski definition) is 0. The molecule has 2 nitrogen and oxygen atoms in total. The van der Waals surface area contributed by atoms with E-state index in [4.69, 9.17) is 0 Å². The number of benzene rings is 10. The van der Waals surface area contributed by atoms with Gasteiger partial charge in [0, 0.05) is 55.8 Å². The van der Waals surface area contributed by atoms with Gasteiger partial charge >= 0.3 is 0 Å². The van der Waals surface area contributed by atoms with Crippen LogP contribution in [0.15, 0.2) is 218 Å². The second kappa shape index (κ2) is 16.5. The van der Waals surface area contributed by atoms with E-state index in [0.29, 0.717) is 0 Å². The smallest absolute Gasteiger partial charge is 0.0465 e. The van der Waals surface area contributed by atoms with E-state index in [2.05, 4.69) is 296 Å². The van der Waals surface area contributed by atoms with Gasteiger partial charge in [0.1, 0.15) is 0 Å². The van der Waals surface area contributed by atoms with Crippen LogP contribution in [0.5, 0.6) is 0 Å². The molecule has 0 bridgehead atoms. The molecule has 0 radical (unpaired) electrons. The molecular weight excluding hydrogens is 917 g/mol. The van der Waals surface area contributed by atoms with Crippen LogP contribution < -0.4 is 9.80 Å². The molecule has 0 N–H and O–H groups in total. The van der Waals surface area contributed by atoms with Crippen molar-refractivity contribution in [3.05, 3.63) is 274 Å². The van der Waals surface area contributed by atoms with Crippen LogP contribution in [0.2, 0.25) is 0 Å². The molecule has 0 heterocycles. The summed E-state index contributed by atoms with van der Waals surface area (Å²) >= 11 is 0. The Kier molecular flexibility index (Phi) is 10.0. The summed E-state index contributed by atoms with van der Waals surface area (Å²) in [5.41, 5.74) is 30.4. The molecule has 0 fully saturated rings. The van der Waals surface area contributed by atoms with Crippen LogP contribution in [-0.2, 0) is 21.7 Å².